The van der Waals surface area contributed by atoms with Crippen LogP contribution in [0.4, 0.5) is 0 Å². The molecule has 0 radical (unpaired) electrons. The smallest absolute Gasteiger partial charge is 0.119 e. The molecule has 1 N–H and O–H groups in total. The van der Waals surface area contributed by atoms with E-state index in [2.05, 4.69) is 50.1 Å². The minimum Gasteiger partial charge on any atom is -0.493 e. The van der Waals surface area contributed by atoms with Crippen molar-refractivity contribution in [3.8, 4) is 5.75 Å². The van der Waals surface area contributed by atoms with Gasteiger partial charge in [-0.3, -0.25) is 0 Å². The van der Waals surface area contributed by atoms with Crippen LogP contribution in [0.3, 0.4) is 0 Å². The van der Waals surface area contributed by atoms with Crippen LogP contribution in [-0.2, 0) is 13.0 Å². The fourth-order valence-electron chi connectivity index (χ4n) is 1.91. The van der Waals surface area contributed by atoms with Gasteiger partial charge in [0.05, 0.1) is 11.6 Å². The second kappa shape index (κ2) is 7.57. The van der Waals surface area contributed by atoms with Crippen LogP contribution in [0.25, 0.3) is 0 Å². The molecule has 1 aromatic heterocycles. The predicted octanol–water partition coefficient (Wildman–Crippen LogP) is 3.88. The minimum absolute atomic E-state index is 0.503. The van der Waals surface area contributed by atoms with Crippen LogP contribution in [0.2, 0.25) is 0 Å². The first-order valence-electron chi connectivity index (χ1n) is 7.41. The Hall–Kier alpha value is -1.39. The zero-order valence-electron chi connectivity index (χ0n) is 13.3. The number of ether oxygens (including phenoxy) is 1. The van der Waals surface area contributed by atoms with E-state index in [9.17, 15) is 0 Å². The SMILES string of the molecule is Cc1ccc(OCCc2ncc(CNC(C)C)s2)cc1C. The summed E-state index contributed by atoms with van der Waals surface area (Å²) in [5.41, 5.74) is 2.56. The van der Waals surface area contributed by atoms with Gasteiger partial charge in [0.2, 0.25) is 0 Å². The molecule has 2 rings (SSSR count). The highest BCUT2D eigenvalue weighted by molar-refractivity contribution is 7.11. The summed E-state index contributed by atoms with van der Waals surface area (Å²) in [5.74, 6) is 0.941. The first kappa shape index (κ1) is 16.0. The standard InChI is InChI=1S/C17H24N2OS/c1-12(2)18-10-16-11-19-17(21-16)7-8-20-15-6-5-13(3)14(4)9-15/h5-6,9,11-12,18H,7-8,10H2,1-4H3. The molecule has 114 valence electrons. The Kier molecular flexibility index (Phi) is 5.76. The minimum atomic E-state index is 0.503. The van der Waals surface area contributed by atoms with Crippen molar-refractivity contribution in [3.63, 3.8) is 0 Å². The van der Waals surface area contributed by atoms with E-state index in [0.717, 1.165) is 23.7 Å². The summed E-state index contributed by atoms with van der Waals surface area (Å²) in [6.07, 6.45) is 2.82. The molecule has 4 heteroatoms. The van der Waals surface area contributed by atoms with Gasteiger partial charge in [0.25, 0.3) is 0 Å². The van der Waals surface area contributed by atoms with E-state index in [1.165, 1.54) is 16.0 Å². The first-order valence-corrected chi connectivity index (χ1v) is 8.23. The average Bonchev–Trinajstić information content (AvgIpc) is 2.88. The third kappa shape index (κ3) is 5.14. The van der Waals surface area contributed by atoms with Crippen molar-refractivity contribution in [1.29, 1.82) is 0 Å². The van der Waals surface area contributed by atoms with E-state index >= 15 is 0 Å². The Morgan fingerprint density at radius 3 is 2.76 bits per heavy atom. The Bertz CT molecular complexity index is 578. The van der Waals surface area contributed by atoms with Gasteiger partial charge in [0.1, 0.15) is 5.75 Å². The quantitative estimate of drug-likeness (QED) is 0.843. The number of benzene rings is 1. The molecule has 0 aliphatic rings. The molecule has 0 aliphatic carbocycles. The second-order valence-corrected chi connectivity index (χ2v) is 6.80. The van der Waals surface area contributed by atoms with Crippen molar-refractivity contribution in [2.45, 2.75) is 46.7 Å². The zero-order chi connectivity index (χ0) is 15.2. The van der Waals surface area contributed by atoms with Gasteiger partial charge in [0, 0.05) is 30.1 Å². The Labute approximate surface area is 131 Å². The molecule has 2 aromatic rings. The van der Waals surface area contributed by atoms with Crippen molar-refractivity contribution in [2.24, 2.45) is 0 Å². The van der Waals surface area contributed by atoms with Gasteiger partial charge in [-0.25, -0.2) is 4.98 Å². The van der Waals surface area contributed by atoms with E-state index in [1.54, 1.807) is 11.3 Å². The van der Waals surface area contributed by atoms with Crippen LogP contribution in [-0.4, -0.2) is 17.6 Å². The lowest BCUT2D eigenvalue weighted by molar-refractivity contribution is 0.321. The Morgan fingerprint density at radius 2 is 2.05 bits per heavy atom. The highest BCUT2D eigenvalue weighted by Gasteiger charge is 2.04. The molecule has 0 amide bonds. The Morgan fingerprint density at radius 1 is 1.24 bits per heavy atom. The van der Waals surface area contributed by atoms with E-state index < -0.39 is 0 Å². The van der Waals surface area contributed by atoms with Gasteiger partial charge in [-0.05, 0) is 37.1 Å². The molecule has 0 fully saturated rings. The van der Waals surface area contributed by atoms with E-state index in [4.69, 9.17) is 4.74 Å². The molecule has 1 heterocycles. The first-order chi connectivity index (χ1) is 10.0. The van der Waals surface area contributed by atoms with Crippen LogP contribution < -0.4 is 10.1 Å². The number of aromatic nitrogens is 1. The molecule has 0 atom stereocenters. The van der Waals surface area contributed by atoms with Crippen LogP contribution in [0.15, 0.2) is 24.4 Å². The molecule has 0 saturated heterocycles. The van der Waals surface area contributed by atoms with Gasteiger partial charge in [-0.15, -0.1) is 11.3 Å². The number of nitrogens with one attached hydrogen (secondary N) is 1. The number of thiazole rings is 1. The summed E-state index contributed by atoms with van der Waals surface area (Å²) in [6, 6.07) is 6.73. The van der Waals surface area contributed by atoms with E-state index in [-0.39, 0.29) is 0 Å². The lowest BCUT2D eigenvalue weighted by atomic mass is 10.1. The van der Waals surface area contributed by atoms with E-state index in [1.807, 2.05) is 12.3 Å². The van der Waals surface area contributed by atoms with Gasteiger partial charge < -0.3 is 10.1 Å². The van der Waals surface area contributed by atoms with Crippen LogP contribution in [0.1, 0.15) is 34.9 Å². The van der Waals surface area contributed by atoms with Crippen LogP contribution in [0, 0.1) is 13.8 Å². The molecule has 21 heavy (non-hydrogen) atoms. The molecule has 0 saturated carbocycles. The van der Waals surface area contributed by atoms with Gasteiger partial charge >= 0.3 is 0 Å². The monoisotopic (exact) mass is 304 g/mol. The fraction of sp³-hybridized carbons (Fsp3) is 0.471. The predicted molar refractivity (Wildman–Crippen MR) is 89.2 cm³/mol. The lowest BCUT2D eigenvalue weighted by Crippen LogP contribution is -2.21. The van der Waals surface area contributed by atoms with Crippen molar-refractivity contribution < 1.29 is 4.74 Å². The number of hydrogen-bond donors (Lipinski definition) is 1. The van der Waals surface area contributed by atoms with Gasteiger partial charge in [0.15, 0.2) is 0 Å². The van der Waals surface area contributed by atoms with E-state index in [0.29, 0.717) is 12.6 Å². The summed E-state index contributed by atoms with van der Waals surface area (Å²) < 4.78 is 5.80. The Balaban J connectivity index is 1.79. The van der Waals surface area contributed by atoms with Crippen molar-refractivity contribution in [1.82, 2.24) is 10.3 Å². The molecule has 0 spiro atoms. The maximum Gasteiger partial charge on any atom is 0.119 e. The largest absolute Gasteiger partial charge is 0.493 e. The second-order valence-electron chi connectivity index (χ2n) is 5.60. The lowest BCUT2D eigenvalue weighted by Gasteiger charge is -2.07. The average molecular weight is 304 g/mol. The maximum atomic E-state index is 5.80. The molecule has 0 aliphatic heterocycles. The zero-order valence-corrected chi connectivity index (χ0v) is 14.1. The molecule has 0 bridgehead atoms. The fourth-order valence-corrected chi connectivity index (χ4v) is 2.76. The number of hydrogen-bond acceptors (Lipinski definition) is 4. The number of aryl methyl sites for hydroxylation is 2. The number of nitrogens with zero attached hydrogens (tertiary/aromatic N) is 1. The summed E-state index contributed by atoms with van der Waals surface area (Å²) in [6.45, 7) is 10.1. The van der Waals surface area contributed by atoms with Gasteiger partial charge in [-0.1, -0.05) is 19.9 Å². The van der Waals surface area contributed by atoms with Crippen molar-refractivity contribution >= 4 is 11.3 Å². The van der Waals surface area contributed by atoms with Crippen LogP contribution in [0.5, 0.6) is 5.75 Å². The molecular weight excluding hydrogens is 280 g/mol. The maximum absolute atomic E-state index is 5.80. The van der Waals surface area contributed by atoms with Crippen molar-refractivity contribution in [3.05, 3.63) is 45.4 Å². The third-order valence-electron chi connectivity index (χ3n) is 3.35. The summed E-state index contributed by atoms with van der Waals surface area (Å²) in [5, 5.41) is 4.55. The summed E-state index contributed by atoms with van der Waals surface area (Å²) in [7, 11) is 0. The van der Waals surface area contributed by atoms with Crippen LogP contribution >= 0.6 is 11.3 Å². The highest BCUT2D eigenvalue weighted by atomic mass is 32.1. The summed E-state index contributed by atoms with van der Waals surface area (Å²) in [4.78, 5) is 5.74. The molecule has 1 aromatic carbocycles. The molecular formula is C17H24N2OS. The third-order valence-corrected chi connectivity index (χ3v) is 4.41. The highest BCUT2D eigenvalue weighted by Crippen LogP contribution is 2.18. The normalized spacial score (nSPS) is 11.1. The molecule has 0 unspecified atom stereocenters. The van der Waals surface area contributed by atoms with Gasteiger partial charge in [-0.2, -0.15) is 0 Å². The number of rotatable bonds is 7. The van der Waals surface area contributed by atoms with Crippen molar-refractivity contribution in [2.75, 3.05) is 6.61 Å². The summed E-state index contributed by atoms with van der Waals surface area (Å²) >= 11 is 1.76. The topological polar surface area (TPSA) is 34.1 Å². The molecule has 3 nitrogen and oxygen atoms in total.